The Morgan fingerprint density at radius 2 is 1.57 bits per heavy atom. The summed E-state index contributed by atoms with van der Waals surface area (Å²) in [5, 5.41) is 0. The molecule has 0 aliphatic rings. The van der Waals surface area contributed by atoms with Crippen LogP contribution in [0.5, 0.6) is 0 Å². The summed E-state index contributed by atoms with van der Waals surface area (Å²) in [5.41, 5.74) is 0.00132. The van der Waals surface area contributed by atoms with Crippen molar-refractivity contribution in [2.75, 3.05) is 0 Å². The summed E-state index contributed by atoms with van der Waals surface area (Å²) < 4.78 is 2.92. The van der Waals surface area contributed by atoms with Gasteiger partial charge in [-0.25, -0.2) is 14.3 Å². The van der Waals surface area contributed by atoms with E-state index >= 15 is 0 Å². The van der Waals surface area contributed by atoms with Crippen molar-refractivity contribution in [1.29, 1.82) is 0 Å². The molecule has 0 spiro atoms. The van der Waals surface area contributed by atoms with Crippen molar-refractivity contribution in [2.45, 2.75) is 52.0 Å². The molecule has 0 fully saturated rings. The van der Waals surface area contributed by atoms with E-state index in [0.717, 1.165) is 12.8 Å². The van der Waals surface area contributed by atoms with E-state index in [2.05, 4.69) is 11.9 Å². The number of nitrogens with one attached hydrogen (secondary N) is 1. The molecule has 0 saturated heterocycles. The average molecular weight is 289 g/mol. The molecular weight excluding hydrogens is 266 g/mol. The largest absolute Gasteiger partial charge is 0.349 e. The third kappa shape index (κ3) is 3.97. The lowest BCUT2D eigenvalue weighted by Crippen LogP contribution is -2.25. The van der Waals surface area contributed by atoms with Gasteiger partial charge in [-0.1, -0.05) is 57.2 Å². The quantitative estimate of drug-likeness (QED) is 0.760. The van der Waals surface area contributed by atoms with Gasteiger partial charge in [0.1, 0.15) is 0 Å². The summed E-state index contributed by atoms with van der Waals surface area (Å²) in [6, 6.07) is 9.25. The van der Waals surface area contributed by atoms with Crippen LogP contribution in [-0.2, 0) is 6.54 Å². The van der Waals surface area contributed by atoms with Crippen LogP contribution in [0.25, 0.3) is 5.69 Å². The molecule has 0 amide bonds. The van der Waals surface area contributed by atoms with Gasteiger partial charge in [-0.05, 0) is 18.6 Å². The van der Waals surface area contributed by atoms with E-state index in [4.69, 9.17) is 0 Å². The van der Waals surface area contributed by atoms with Crippen LogP contribution in [-0.4, -0.2) is 14.3 Å². The Morgan fingerprint density at radius 3 is 2.29 bits per heavy atom. The molecule has 114 valence electrons. The maximum Gasteiger partial charge on any atom is 0.349 e. The van der Waals surface area contributed by atoms with Gasteiger partial charge in [-0.15, -0.1) is 0 Å². The highest BCUT2D eigenvalue weighted by Crippen LogP contribution is 2.07. The molecule has 0 unspecified atom stereocenters. The molecule has 1 heterocycles. The maximum atomic E-state index is 11.9. The molecule has 1 N–H and O–H groups in total. The van der Waals surface area contributed by atoms with Crippen molar-refractivity contribution in [3.63, 3.8) is 0 Å². The summed E-state index contributed by atoms with van der Waals surface area (Å²) in [6.07, 6.45) is 6.91. The Bertz CT molecular complexity index is 652. The number of rotatable bonds is 8. The molecule has 0 atom stereocenters. The first kappa shape index (κ1) is 15.4. The Labute approximate surface area is 124 Å². The first-order valence-corrected chi connectivity index (χ1v) is 7.71. The van der Waals surface area contributed by atoms with Crippen LogP contribution >= 0.6 is 0 Å². The lowest BCUT2D eigenvalue weighted by molar-refractivity contribution is 0.480. The Kier molecular flexibility index (Phi) is 5.60. The summed E-state index contributed by atoms with van der Waals surface area (Å²) in [7, 11) is 0. The SMILES string of the molecule is CCCCCCCCn1c(=O)[nH]c(=O)n1-c1ccccc1. The number of unbranched alkanes of at least 4 members (excludes halogenated alkanes) is 5. The normalized spacial score (nSPS) is 10.9. The molecule has 21 heavy (non-hydrogen) atoms. The van der Waals surface area contributed by atoms with Gasteiger partial charge in [-0.3, -0.25) is 4.98 Å². The van der Waals surface area contributed by atoms with Crippen LogP contribution in [0.3, 0.4) is 0 Å². The summed E-state index contributed by atoms with van der Waals surface area (Å²) >= 11 is 0. The third-order valence-corrected chi connectivity index (χ3v) is 3.61. The van der Waals surface area contributed by atoms with Gasteiger partial charge in [0.2, 0.25) is 0 Å². The fraction of sp³-hybridized carbons (Fsp3) is 0.500. The summed E-state index contributed by atoms with van der Waals surface area (Å²) in [5.74, 6) is 0. The lowest BCUT2D eigenvalue weighted by Gasteiger charge is -2.09. The number of benzene rings is 1. The molecule has 1 aromatic heterocycles. The minimum Gasteiger partial charge on any atom is -0.256 e. The van der Waals surface area contributed by atoms with Gasteiger partial charge in [0.15, 0.2) is 0 Å². The molecule has 0 bridgehead atoms. The van der Waals surface area contributed by atoms with E-state index in [-0.39, 0.29) is 11.4 Å². The Balaban J connectivity index is 2.06. The monoisotopic (exact) mass is 289 g/mol. The van der Waals surface area contributed by atoms with Gasteiger partial charge in [0.05, 0.1) is 5.69 Å². The van der Waals surface area contributed by atoms with E-state index < -0.39 is 0 Å². The number of nitrogens with zero attached hydrogens (tertiary/aromatic N) is 2. The van der Waals surface area contributed by atoms with Gasteiger partial charge in [0, 0.05) is 6.54 Å². The van der Waals surface area contributed by atoms with Gasteiger partial charge >= 0.3 is 11.4 Å². The predicted molar refractivity (Wildman–Crippen MR) is 84.0 cm³/mol. The van der Waals surface area contributed by atoms with Gasteiger partial charge in [0.25, 0.3) is 0 Å². The molecule has 0 radical (unpaired) electrons. The van der Waals surface area contributed by atoms with Crippen molar-refractivity contribution in [1.82, 2.24) is 14.3 Å². The zero-order valence-electron chi connectivity index (χ0n) is 12.5. The number of hydrogen-bond acceptors (Lipinski definition) is 2. The standard InChI is InChI=1S/C16H23N3O2/c1-2-3-4-5-6-10-13-18-15(20)17-16(21)19(18)14-11-8-7-9-12-14/h7-9,11-12H,2-6,10,13H2,1H3,(H,17,20,21). The van der Waals surface area contributed by atoms with Crippen LogP contribution < -0.4 is 11.4 Å². The zero-order valence-corrected chi connectivity index (χ0v) is 12.5. The highest BCUT2D eigenvalue weighted by Gasteiger charge is 2.10. The molecular formula is C16H23N3O2. The van der Waals surface area contributed by atoms with Gasteiger partial charge in [-0.2, -0.15) is 4.68 Å². The number of para-hydroxylation sites is 1. The summed E-state index contributed by atoms with van der Waals surface area (Å²) in [6.45, 7) is 2.76. The van der Waals surface area contributed by atoms with E-state index in [0.29, 0.717) is 12.2 Å². The van der Waals surface area contributed by atoms with E-state index in [1.165, 1.54) is 35.0 Å². The second-order valence-electron chi connectivity index (χ2n) is 5.27. The maximum absolute atomic E-state index is 11.9. The van der Waals surface area contributed by atoms with Crippen molar-refractivity contribution >= 4 is 0 Å². The third-order valence-electron chi connectivity index (χ3n) is 3.61. The molecule has 0 saturated carbocycles. The van der Waals surface area contributed by atoms with Crippen LogP contribution in [0.15, 0.2) is 39.9 Å². The van der Waals surface area contributed by atoms with Crippen molar-refractivity contribution < 1.29 is 0 Å². The smallest absolute Gasteiger partial charge is 0.256 e. The fourth-order valence-corrected chi connectivity index (χ4v) is 2.48. The van der Waals surface area contributed by atoms with Crippen molar-refractivity contribution in [3.8, 4) is 5.69 Å². The van der Waals surface area contributed by atoms with Crippen molar-refractivity contribution in [3.05, 3.63) is 51.3 Å². The molecule has 0 aliphatic heterocycles. The molecule has 2 aromatic rings. The van der Waals surface area contributed by atoms with Crippen LogP contribution in [0.1, 0.15) is 45.4 Å². The highest BCUT2D eigenvalue weighted by molar-refractivity contribution is 5.29. The first-order valence-electron chi connectivity index (χ1n) is 7.71. The minimum absolute atomic E-state index is 0.336. The number of hydrogen-bond donors (Lipinski definition) is 1. The van der Waals surface area contributed by atoms with Gasteiger partial charge < -0.3 is 0 Å². The Morgan fingerprint density at radius 1 is 0.905 bits per heavy atom. The average Bonchev–Trinajstić information content (AvgIpc) is 2.78. The van der Waals surface area contributed by atoms with E-state index in [1.807, 2.05) is 30.3 Å². The predicted octanol–water partition coefficient (Wildman–Crippen LogP) is 2.69. The van der Waals surface area contributed by atoms with E-state index in [1.54, 1.807) is 0 Å². The second-order valence-corrected chi connectivity index (χ2v) is 5.27. The molecule has 0 aliphatic carbocycles. The number of aromatic amines is 1. The topological polar surface area (TPSA) is 59.8 Å². The zero-order chi connectivity index (χ0) is 15.1. The van der Waals surface area contributed by atoms with Crippen LogP contribution in [0.4, 0.5) is 0 Å². The first-order chi connectivity index (χ1) is 10.2. The Hall–Kier alpha value is -2.04. The highest BCUT2D eigenvalue weighted by atomic mass is 16.2. The minimum atomic E-state index is -0.378. The number of aromatic nitrogens is 3. The van der Waals surface area contributed by atoms with Crippen molar-refractivity contribution in [2.24, 2.45) is 0 Å². The molecule has 5 heteroatoms. The second kappa shape index (κ2) is 7.67. The molecule has 5 nitrogen and oxygen atoms in total. The summed E-state index contributed by atoms with van der Waals surface area (Å²) in [4.78, 5) is 26.2. The molecule has 1 aromatic carbocycles. The lowest BCUT2D eigenvalue weighted by atomic mass is 10.1. The fourth-order valence-electron chi connectivity index (χ4n) is 2.48. The van der Waals surface area contributed by atoms with Crippen LogP contribution in [0, 0.1) is 0 Å². The molecule has 2 rings (SSSR count). The number of H-pyrrole nitrogens is 1. The van der Waals surface area contributed by atoms with Crippen LogP contribution in [0.2, 0.25) is 0 Å². The van der Waals surface area contributed by atoms with E-state index in [9.17, 15) is 9.59 Å².